The summed E-state index contributed by atoms with van der Waals surface area (Å²) >= 11 is 1.73. The van der Waals surface area contributed by atoms with Crippen molar-refractivity contribution in [1.29, 1.82) is 0 Å². The average Bonchev–Trinajstić information content (AvgIpc) is 2.97. The number of nitrogens with two attached hydrogens (primary N) is 1. The van der Waals surface area contributed by atoms with Crippen LogP contribution in [0.2, 0.25) is 0 Å². The van der Waals surface area contributed by atoms with Crippen LogP contribution in [0.25, 0.3) is 0 Å². The standard InChI is InChI=1S/C15H20N2OS/c1-18-15(13-5-3-2-4-6-13)14(17-16)8-7-12-9-10-19-11-12/h2-6,9-11,14-15,17H,7-8,16H2,1H3. The van der Waals surface area contributed by atoms with E-state index in [1.54, 1.807) is 18.4 Å². The molecule has 0 radical (unpaired) electrons. The Kier molecular flexibility index (Phi) is 5.54. The van der Waals surface area contributed by atoms with Gasteiger partial charge in [0.25, 0.3) is 0 Å². The zero-order chi connectivity index (χ0) is 13.5. The molecule has 4 heteroatoms. The Bertz CT molecular complexity index is 458. The Morgan fingerprint density at radius 2 is 2.05 bits per heavy atom. The maximum Gasteiger partial charge on any atom is 0.0987 e. The first-order valence-corrected chi connectivity index (χ1v) is 7.34. The molecule has 0 fully saturated rings. The molecular weight excluding hydrogens is 256 g/mol. The number of hydrogen-bond acceptors (Lipinski definition) is 4. The first-order chi connectivity index (χ1) is 9.35. The molecule has 0 aliphatic rings. The molecule has 1 aromatic heterocycles. The summed E-state index contributed by atoms with van der Waals surface area (Å²) in [6.07, 6.45) is 1.93. The summed E-state index contributed by atoms with van der Waals surface area (Å²) in [5.41, 5.74) is 5.40. The van der Waals surface area contributed by atoms with Crippen molar-refractivity contribution in [3.8, 4) is 0 Å². The van der Waals surface area contributed by atoms with Crippen LogP contribution in [0.1, 0.15) is 23.7 Å². The second-order valence-electron chi connectivity index (χ2n) is 4.51. The summed E-state index contributed by atoms with van der Waals surface area (Å²) in [7, 11) is 1.73. The van der Waals surface area contributed by atoms with E-state index >= 15 is 0 Å². The van der Waals surface area contributed by atoms with Gasteiger partial charge in [-0.2, -0.15) is 11.3 Å². The van der Waals surface area contributed by atoms with Gasteiger partial charge in [-0.05, 0) is 40.8 Å². The zero-order valence-corrected chi connectivity index (χ0v) is 11.9. The van der Waals surface area contributed by atoms with Crippen molar-refractivity contribution in [1.82, 2.24) is 5.43 Å². The molecule has 19 heavy (non-hydrogen) atoms. The molecule has 0 spiro atoms. The highest BCUT2D eigenvalue weighted by Gasteiger charge is 2.21. The molecule has 2 aromatic rings. The van der Waals surface area contributed by atoms with Gasteiger partial charge in [-0.15, -0.1) is 0 Å². The molecule has 0 saturated heterocycles. The van der Waals surface area contributed by atoms with Gasteiger partial charge in [-0.1, -0.05) is 30.3 Å². The number of rotatable bonds is 7. The third-order valence-electron chi connectivity index (χ3n) is 3.29. The summed E-state index contributed by atoms with van der Waals surface area (Å²) in [6.45, 7) is 0. The van der Waals surface area contributed by atoms with Crippen LogP contribution in [0.3, 0.4) is 0 Å². The highest BCUT2D eigenvalue weighted by atomic mass is 32.1. The molecule has 0 amide bonds. The van der Waals surface area contributed by atoms with E-state index < -0.39 is 0 Å². The number of aryl methyl sites for hydroxylation is 1. The third kappa shape index (κ3) is 3.88. The molecule has 0 aliphatic heterocycles. The van der Waals surface area contributed by atoms with E-state index in [4.69, 9.17) is 10.6 Å². The first-order valence-electron chi connectivity index (χ1n) is 6.40. The van der Waals surface area contributed by atoms with Gasteiger partial charge >= 0.3 is 0 Å². The number of methoxy groups -OCH3 is 1. The largest absolute Gasteiger partial charge is 0.375 e. The van der Waals surface area contributed by atoms with Crippen LogP contribution >= 0.6 is 11.3 Å². The van der Waals surface area contributed by atoms with Crippen molar-refractivity contribution in [3.05, 3.63) is 58.3 Å². The van der Waals surface area contributed by atoms with Gasteiger partial charge in [-0.3, -0.25) is 11.3 Å². The summed E-state index contributed by atoms with van der Waals surface area (Å²) < 4.78 is 5.62. The monoisotopic (exact) mass is 276 g/mol. The van der Waals surface area contributed by atoms with Crippen LogP contribution in [0.15, 0.2) is 47.2 Å². The SMILES string of the molecule is COC(c1ccccc1)C(CCc1ccsc1)NN. The molecule has 0 aliphatic carbocycles. The number of hydrogen-bond donors (Lipinski definition) is 2. The minimum Gasteiger partial charge on any atom is -0.375 e. The molecule has 102 valence electrons. The lowest BCUT2D eigenvalue weighted by atomic mass is 9.97. The van der Waals surface area contributed by atoms with Crippen LogP contribution in [-0.4, -0.2) is 13.2 Å². The van der Waals surface area contributed by atoms with Crippen molar-refractivity contribution in [2.75, 3.05) is 7.11 Å². The van der Waals surface area contributed by atoms with Crippen molar-refractivity contribution in [3.63, 3.8) is 0 Å². The Morgan fingerprint density at radius 3 is 2.63 bits per heavy atom. The Morgan fingerprint density at radius 1 is 1.26 bits per heavy atom. The predicted molar refractivity (Wildman–Crippen MR) is 79.9 cm³/mol. The second-order valence-corrected chi connectivity index (χ2v) is 5.29. The van der Waals surface area contributed by atoms with Gasteiger partial charge < -0.3 is 4.74 Å². The van der Waals surface area contributed by atoms with Crippen molar-refractivity contribution < 1.29 is 4.74 Å². The summed E-state index contributed by atoms with van der Waals surface area (Å²) in [4.78, 5) is 0. The number of nitrogens with one attached hydrogen (secondary N) is 1. The van der Waals surface area contributed by atoms with E-state index in [-0.39, 0.29) is 12.1 Å². The zero-order valence-electron chi connectivity index (χ0n) is 11.1. The third-order valence-corrected chi connectivity index (χ3v) is 4.02. The topological polar surface area (TPSA) is 47.3 Å². The van der Waals surface area contributed by atoms with Crippen LogP contribution in [0, 0.1) is 0 Å². The minimum absolute atomic E-state index is 0.0233. The molecule has 2 rings (SSSR count). The minimum atomic E-state index is -0.0233. The van der Waals surface area contributed by atoms with Crippen LogP contribution in [-0.2, 0) is 11.2 Å². The summed E-state index contributed by atoms with van der Waals surface area (Å²) in [6, 6.07) is 12.5. The molecule has 0 saturated carbocycles. The normalized spacial score (nSPS) is 14.2. The van der Waals surface area contributed by atoms with E-state index in [0.717, 1.165) is 18.4 Å². The van der Waals surface area contributed by atoms with Crippen LogP contribution in [0.4, 0.5) is 0 Å². The summed E-state index contributed by atoms with van der Waals surface area (Å²) in [5, 5.41) is 4.28. The molecule has 3 N–H and O–H groups in total. The molecular formula is C15H20N2OS. The fourth-order valence-electron chi connectivity index (χ4n) is 2.25. The van der Waals surface area contributed by atoms with Gasteiger partial charge in [0.2, 0.25) is 0 Å². The predicted octanol–water partition coefficient (Wildman–Crippen LogP) is 2.90. The van der Waals surface area contributed by atoms with Gasteiger partial charge in [0.05, 0.1) is 12.1 Å². The Labute approximate surface area is 118 Å². The van der Waals surface area contributed by atoms with E-state index in [1.165, 1.54) is 5.56 Å². The van der Waals surface area contributed by atoms with Crippen molar-refractivity contribution in [2.24, 2.45) is 5.84 Å². The van der Waals surface area contributed by atoms with Gasteiger partial charge in [-0.25, -0.2) is 0 Å². The number of benzene rings is 1. The average molecular weight is 276 g/mol. The fourth-order valence-corrected chi connectivity index (χ4v) is 2.96. The summed E-state index contributed by atoms with van der Waals surface area (Å²) in [5.74, 6) is 5.70. The maximum atomic E-state index is 5.70. The molecule has 3 nitrogen and oxygen atoms in total. The van der Waals surface area contributed by atoms with Gasteiger partial charge in [0, 0.05) is 7.11 Å². The quantitative estimate of drug-likeness (QED) is 0.604. The first kappa shape index (κ1) is 14.2. The lowest BCUT2D eigenvalue weighted by molar-refractivity contribution is 0.0650. The van der Waals surface area contributed by atoms with Gasteiger partial charge in [0.15, 0.2) is 0 Å². The van der Waals surface area contributed by atoms with E-state index in [0.29, 0.717) is 0 Å². The molecule has 2 unspecified atom stereocenters. The van der Waals surface area contributed by atoms with Crippen molar-refractivity contribution >= 4 is 11.3 Å². The van der Waals surface area contributed by atoms with Crippen LogP contribution < -0.4 is 11.3 Å². The second kappa shape index (κ2) is 7.40. The molecule has 1 heterocycles. The van der Waals surface area contributed by atoms with E-state index in [9.17, 15) is 0 Å². The van der Waals surface area contributed by atoms with Crippen molar-refractivity contribution in [2.45, 2.75) is 25.0 Å². The lowest BCUT2D eigenvalue weighted by Crippen LogP contribution is -2.40. The fraction of sp³-hybridized carbons (Fsp3) is 0.333. The maximum absolute atomic E-state index is 5.70. The van der Waals surface area contributed by atoms with Gasteiger partial charge in [0.1, 0.15) is 0 Å². The Balaban J connectivity index is 2.02. The number of hydrazine groups is 1. The molecule has 1 aromatic carbocycles. The van der Waals surface area contributed by atoms with Crippen LogP contribution in [0.5, 0.6) is 0 Å². The molecule has 2 atom stereocenters. The van der Waals surface area contributed by atoms with E-state index in [1.807, 2.05) is 18.2 Å². The number of thiophene rings is 1. The Hall–Kier alpha value is -1.20. The lowest BCUT2D eigenvalue weighted by Gasteiger charge is -2.25. The highest BCUT2D eigenvalue weighted by molar-refractivity contribution is 7.07. The van der Waals surface area contributed by atoms with E-state index in [2.05, 4.69) is 34.4 Å². The molecule has 0 bridgehead atoms. The number of ether oxygens (including phenoxy) is 1. The smallest absolute Gasteiger partial charge is 0.0987 e. The highest BCUT2D eigenvalue weighted by Crippen LogP contribution is 2.23.